The van der Waals surface area contributed by atoms with Crippen LogP contribution in [0.3, 0.4) is 0 Å². The van der Waals surface area contributed by atoms with Crippen molar-refractivity contribution in [1.82, 2.24) is 0 Å². The zero-order valence-electron chi connectivity index (χ0n) is 17.3. The summed E-state index contributed by atoms with van der Waals surface area (Å²) in [5.74, 6) is 6.40. The molecule has 152 valence electrons. The Hall–Kier alpha value is -2.60. The Bertz CT molecular complexity index is 1090. The lowest BCUT2D eigenvalue weighted by atomic mass is 9.61. The zero-order chi connectivity index (χ0) is 21.3. The first-order valence-electron chi connectivity index (χ1n) is 10.4. The van der Waals surface area contributed by atoms with E-state index < -0.39 is 6.10 Å². The van der Waals surface area contributed by atoms with Crippen LogP contribution in [0.15, 0.2) is 65.3 Å². The van der Waals surface area contributed by atoms with E-state index in [1.807, 2.05) is 61.5 Å². The summed E-state index contributed by atoms with van der Waals surface area (Å²) in [5.41, 5.74) is 5.22. The van der Waals surface area contributed by atoms with Crippen molar-refractivity contribution in [2.45, 2.75) is 45.6 Å². The van der Waals surface area contributed by atoms with Gasteiger partial charge in [-0.3, -0.25) is 4.79 Å². The van der Waals surface area contributed by atoms with E-state index in [0.717, 1.165) is 52.7 Å². The molecule has 2 atom stereocenters. The largest absolute Gasteiger partial charge is 0.392 e. The molecule has 0 heterocycles. The van der Waals surface area contributed by atoms with E-state index >= 15 is 0 Å². The minimum Gasteiger partial charge on any atom is -0.392 e. The normalized spacial score (nSPS) is 25.0. The molecule has 30 heavy (non-hydrogen) atoms. The van der Waals surface area contributed by atoms with Crippen molar-refractivity contribution in [2.75, 3.05) is 0 Å². The number of hydrogen-bond donors (Lipinski definition) is 1. The first-order chi connectivity index (χ1) is 14.4. The predicted octanol–water partition coefficient (Wildman–Crippen LogP) is 5.96. The second kappa shape index (κ2) is 8.26. The van der Waals surface area contributed by atoms with Crippen molar-refractivity contribution in [1.29, 1.82) is 0 Å². The highest BCUT2D eigenvalue weighted by Crippen LogP contribution is 2.50. The molecule has 0 aliphatic heterocycles. The summed E-state index contributed by atoms with van der Waals surface area (Å²) in [4.78, 5) is 12.9. The molecule has 2 aromatic carbocycles. The van der Waals surface area contributed by atoms with E-state index in [1.54, 1.807) is 0 Å². The first kappa shape index (κ1) is 20.7. The lowest BCUT2D eigenvalue weighted by Crippen LogP contribution is -2.42. The van der Waals surface area contributed by atoms with Crippen molar-refractivity contribution < 1.29 is 9.90 Å². The number of hydrogen-bond acceptors (Lipinski definition) is 2. The fraction of sp³-hybridized carbons (Fsp3) is 0.296. The highest BCUT2D eigenvalue weighted by molar-refractivity contribution is 6.30. The van der Waals surface area contributed by atoms with Crippen molar-refractivity contribution in [2.24, 2.45) is 5.41 Å². The van der Waals surface area contributed by atoms with Gasteiger partial charge < -0.3 is 5.11 Å². The summed E-state index contributed by atoms with van der Waals surface area (Å²) < 4.78 is 0. The number of fused-ring (bicyclic) bond motifs is 1. The molecule has 4 rings (SSSR count). The van der Waals surface area contributed by atoms with Gasteiger partial charge in [-0.05, 0) is 86.2 Å². The van der Waals surface area contributed by atoms with Crippen LogP contribution in [0.5, 0.6) is 0 Å². The highest BCUT2D eigenvalue weighted by Gasteiger charge is 2.45. The van der Waals surface area contributed by atoms with Crippen molar-refractivity contribution in [3.63, 3.8) is 0 Å². The van der Waals surface area contributed by atoms with Crippen LogP contribution in [0.2, 0.25) is 5.02 Å². The molecule has 0 radical (unpaired) electrons. The third kappa shape index (κ3) is 4.01. The van der Waals surface area contributed by atoms with Crippen LogP contribution in [-0.4, -0.2) is 17.0 Å². The second-order valence-electron chi connectivity index (χ2n) is 8.48. The number of halogens is 1. The van der Waals surface area contributed by atoms with Gasteiger partial charge in [-0.25, -0.2) is 0 Å². The second-order valence-corrected chi connectivity index (χ2v) is 8.92. The van der Waals surface area contributed by atoms with Gasteiger partial charge in [-0.2, -0.15) is 0 Å². The molecule has 2 aliphatic carbocycles. The predicted molar refractivity (Wildman–Crippen MR) is 122 cm³/mol. The molecule has 2 aliphatic rings. The van der Waals surface area contributed by atoms with Gasteiger partial charge in [0.05, 0.1) is 6.10 Å². The summed E-state index contributed by atoms with van der Waals surface area (Å²) in [6.45, 7) is 4.02. The minimum absolute atomic E-state index is 0.114. The van der Waals surface area contributed by atoms with E-state index in [1.165, 1.54) is 0 Å². The Labute approximate surface area is 183 Å². The Morgan fingerprint density at radius 3 is 2.30 bits per heavy atom. The lowest BCUT2D eigenvalue weighted by Gasteiger charge is -2.45. The molecule has 1 N–H and O–H groups in total. The molecule has 0 bridgehead atoms. The molecule has 0 aromatic heterocycles. The Kier molecular flexibility index (Phi) is 5.69. The van der Waals surface area contributed by atoms with Crippen LogP contribution in [0.25, 0.3) is 6.08 Å². The van der Waals surface area contributed by atoms with E-state index in [4.69, 9.17) is 11.6 Å². The number of benzene rings is 2. The van der Waals surface area contributed by atoms with Gasteiger partial charge in [-0.15, -0.1) is 0 Å². The maximum absolute atomic E-state index is 12.9. The van der Waals surface area contributed by atoms with E-state index in [-0.39, 0.29) is 11.2 Å². The average Bonchev–Trinajstić information content (AvgIpc) is 2.74. The van der Waals surface area contributed by atoms with Crippen LogP contribution in [0.1, 0.15) is 56.2 Å². The number of aliphatic hydroxyl groups excluding tert-OH is 1. The number of ketones is 1. The smallest absolute Gasteiger partial charge is 0.184 e. The zero-order valence-corrected chi connectivity index (χ0v) is 18.1. The Morgan fingerprint density at radius 1 is 1.07 bits per heavy atom. The molecule has 0 saturated heterocycles. The van der Waals surface area contributed by atoms with Gasteiger partial charge in [0.15, 0.2) is 5.78 Å². The number of rotatable bonds is 1. The topological polar surface area (TPSA) is 37.3 Å². The molecular formula is C27H25ClO2. The maximum atomic E-state index is 12.9. The van der Waals surface area contributed by atoms with Crippen LogP contribution in [-0.2, 0) is 4.79 Å². The van der Waals surface area contributed by atoms with Gasteiger partial charge >= 0.3 is 0 Å². The fourth-order valence-corrected chi connectivity index (χ4v) is 4.76. The SMILES string of the molecule is CC1=C2CCC[C@H](O)[C@@]2(C)CC(=Cc2ccc(C#Cc3ccc(Cl)cc3)cc2)C1=O. The molecule has 3 heteroatoms. The number of allylic oxidation sites excluding steroid dienone is 2. The van der Waals surface area contributed by atoms with E-state index in [2.05, 4.69) is 18.8 Å². The molecule has 2 aromatic rings. The summed E-state index contributed by atoms with van der Waals surface area (Å²) in [6, 6.07) is 15.4. The maximum Gasteiger partial charge on any atom is 0.184 e. The lowest BCUT2D eigenvalue weighted by molar-refractivity contribution is -0.113. The number of aliphatic hydroxyl groups is 1. The molecule has 2 nitrogen and oxygen atoms in total. The molecule has 0 spiro atoms. The summed E-state index contributed by atoms with van der Waals surface area (Å²) in [5, 5.41) is 11.4. The van der Waals surface area contributed by atoms with Gasteiger partial charge in [-0.1, -0.05) is 48.1 Å². The highest BCUT2D eigenvalue weighted by atomic mass is 35.5. The quantitative estimate of drug-likeness (QED) is 0.459. The van der Waals surface area contributed by atoms with Gasteiger partial charge in [0.2, 0.25) is 0 Å². The van der Waals surface area contributed by atoms with Crippen molar-refractivity contribution in [3.8, 4) is 11.8 Å². The number of carbonyl (C=O) groups is 1. The minimum atomic E-state index is -0.391. The molecule has 1 fully saturated rings. The van der Waals surface area contributed by atoms with Crippen molar-refractivity contribution in [3.05, 3.63) is 87.0 Å². The van der Waals surface area contributed by atoms with E-state index in [0.29, 0.717) is 11.4 Å². The summed E-state index contributed by atoms with van der Waals surface area (Å²) >= 11 is 5.91. The number of Topliss-reactive ketones (excluding diaryl/α,β-unsaturated/α-hetero) is 1. The first-order valence-corrected chi connectivity index (χ1v) is 10.8. The third-order valence-corrected chi connectivity index (χ3v) is 6.67. The van der Waals surface area contributed by atoms with E-state index in [9.17, 15) is 9.90 Å². The van der Waals surface area contributed by atoms with Crippen LogP contribution in [0.4, 0.5) is 0 Å². The average molecular weight is 417 g/mol. The van der Waals surface area contributed by atoms with Crippen LogP contribution < -0.4 is 0 Å². The van der Waals surface area contributed by atoms with Gasteiger partial charge in [0.1, 0.15) is 0 Å². The molecule has 0 unspecified atom stereocenters. The fourth-order valence-electron chi connectivity index (χ4n) is 4.63. The molecule has 1 saturated carbocycles. The van der Waals surface area contributed by atoms with Crippen LogP contribution in [0, 0.1) is 17.3 Å². The summed E-state index contributed by atoms with van der Waals surface area (Å²) in [6.07, 6.45) is 4.84. The number of carbonyl (C=O) groups excluding carboxylic acids is 1. The molecular weight excluding hydrogens is 392 g/mol. The third-order valence-electron chi connectivity index (χ3n) is 6.42. The van der Waals surface area contributed by atoms with Crippen molar-refractivity contribution >= 4 is 23.5 Å². The van der Waals surface area contributed by atoms with Gasteiger partial charge in [0, 0.05) is 27.1 Å². The monoisotopic (exact) mass is 416 g/mol. The molecule has 0 amide bonds. The van der Waals surface area contributed by atoms with Crippen LogP contribution >= 0.6 is 11.6 Å². The Morgan fingerprint density at radius 2 is 1.67 bits per heavy atom. The Balaban J connectivity index is 1.57. The van der Waals surface area contributed by atoms with Gasteiger partial charge in [0.25, 0.3) is 0 Å². The standard InChI is InChI=1S/C27H25ClO2/c1-18-24-4-3-5-25(29)27(24,2)17-22(26(18)30)16-21-10-8-19(9-11-21)6-7-20-12-14-23(28)15-13-20/h8-16,25,29H,3-5,17H2,1-2H3/t25-,27-/m0/s1. The summed E-state index contributed by atoms with van der Waals surface area (Å²) in [7, 11) is 0.